The van der Waals surface area contributed by atoms with Crippen molar-refractivity contribution in [3.8, 4) is 0 Å². The van der Waals surface area contributed by atoms with Crippen LogP contribution in [0.4, 0.5) is 0 Å². The monoisotopic (exact) mass is 302 g/mol. The number of rotatable bonds is 4. The quantitative estimate of drug-likeness (QED) is 0.884. The molecule has 1 saturated heterocycles. The minimum absolute atomic E-state index is 0.202. The average molecular weight is 302 g/mol. The van der Waals surface area contributed by atoms with Gasteiger partial charge < -0.3 is 9.88 Å². The summed E-state index contributed by atoms with van der Waals surface area (Å²) in [6.07, 6.45) is 0. The molecule has 0 amide bonds. The molecule has 118 valence electrons. The largest absolute Gasteiger partial charge is 0.328 e. The van der Waals surface area contributed by atoms with E-state index in [1.54, 1.807) is 12.1 Å². The normalized spacial score (nSPS) is 17.1. The van der Waals surface area contributed by atoms with Gasteiger partial charge in [0.2, 0.25) is 0 Å². The molecule has 6 heteroatoms. The molecule has 3 rings (SSSR count). The molecule has 0 spiro atoms. The van der Waals surface area contributed by atoms with Gasteiger partial charge in [0, 0.05) is 39.3 Å². The van der Waals surface area contributed by atoms with E-state index in [1.165, 1.54) is 4.57 Å². The van der Waals surface area contributed by atoms with Crippen LogP contribution in [0.5, 0.6) is 0 Å². The Labute approximate surface area is 129 Å². The van der Waals surface area contributed by atoms with E-state index in [2.05, 4.69) is 21.7 Å². The molecule has 1 fully saturated rings. The van der Waals surface area contributed by atoms with Crippen molar-refractivity contribution in [3.63, 3.8) is 0 Å². The summed E-state index contributed by atoms with van der Waals surface area (Å²) in [6.45, 7) is 8.52. The van der Waals surface area contributed by atoms with Crippen LogP contribution in [-0.2, 0) is 6.54 Å². The molecule has 0 radical (unpaired) electrons. The number of benzene rings is 1. The molecule has 2 aromatic rings. The first kappa shape index (κ1) is 15.0. The van der Waals surface area contributed by atoms with Crippen LogP contribution in [0.2, 0.25) is 0 Å². The summed E-state index contributed by atoms with van der Waals surface area (Å²) >= 11 is 0. The number of aromatic amines is 1. The second-order valence-corrected chi connectivity index (χ2v) is 5.71. The van der Waals surface area contributed by atoms with E-state index in [-0.39, 0.29) is 11.2 Å². The predicted molar refractivity (Wildman–Crippen MR) is 87.4 cm³/mol. The minimum Gasteiger partial charge on any atom is -0.307 e. The molecular weight excluding hydrogens is 280 g/mol. The van der Waals surface area contributed by atoms with E-state index < -0.39 is 0 Å². The first-order chi connectivity index (χ1) is 10.7. The maximum atomic E-state index is 12.4. The fourth-order valence-corrected chi connectivity index (χ4v) is 2.97. The molecule has 1 aromatic carbocycles. The first-order valence-corrected chi connectivity index (χ1v) is 7.85. The molecular formula is C16H22N4O2. The van der Waals surface area contributed by atoms with Crippen LogP contribution in [0.3, 0.4) is 0 Å². The zero-order valence-electron chi connectivity index (χ0n) is 12.9. The molecule has 22 heavy (non-hydrogen) atoms. The van der Waals surface area contributed by atoms with Crippen LogP contribution in [-0.4, -0.2) is 58.6 Å². The fourth-order valence-electron chi connectivity index (χ4n) is 2.97. The third-order valence-electron chi connectivity index (χ3n) is 4.44. The number of piperazine rings is 1. The van der Waals surface area contributed by atoms with Crippen molar-refractivity contribution in [2.75, 3.05) is 39.3 Å². The van der Waals surface area contributed by atoms with Gasteiger partial charge in [0.25, 0.3) is 5.56 Å². The Hall–Kier alpha value is -1.92. The maximum absolute atomic E-state index is 12.4. The summed E-state index contributed by atoms with van der Waals surface area (Å²) < 4.78 is 1.31. The van der Waals surface area contributed by atoms with Gasteiger partial charge in [0.15, 0.2) is 0 Å². The molecule has 1 aromatic heterocycles. The number of nitrogens with zero attached hydrogens (tertiary/aromatic N) is 3. The van der Waals surface area contributed by atoms with E-state index in [4.69, 9.17) is 0 Å². The highest BCUT2D eigenvalue weighted by Gasteiger charge is 2.16. The van der Waals surface area contributed by atoms with E-state index in [9.17, 15) is 9.59 Å². The number of nitrogens with one attached hydrogen (secondary N) is 1. The lowest BCUT2D eigenvalue weighted by atomic mass is 10.2. The smallest absolute Gasteiger partial charge is 0.307 e. The van der Waals surface area contributed by atoms with Gasteiger partial charge in [0.05, 0.1) is 10.9 Å². The Bertz CT molecular complexity index is 757. The maximum Gasteiger partial charge on any atom is 0.328 e. The van der Waals surface area contributed by atoms with Crippen molar-refractivity contribution in [1.82, 2.24) is 19.4 Å². The number of aromatic nitrogens is 2. The summed E-state index contributed by atoms with van der Waals surface area (Å²) in [5.41, 5.74) is 0.0766. The van der Waals surface area contributed by atoms with E-state index in [0.29, 0.717) is 17.4 Å². The molecule has 1 aliphatic rings. The lowest BCUT2D eigenvalue weighted by Gasteiger charge is -2.33. The standard InChI is InChI=1S/C16H22N4O2/c1-2-18-7-9-19(10-8-18)11-12-20-15(21)13-5-3-4-6-14(13)17-16(20)22/h3-6H,2,7-12H2,1H3,(H,17,22). The predicted octanol–water partition coefficient (Wildman–Crippen LogP) is 0.327. The van der Waals surface area contributed by atoms with Crippen molar-refractivity contribution in [2.45, 2.75) is 13.5 Å². The van der Waals surface area contributed by atoms with Gasteiger partial charge in [-0.3, -0.25) is 14.3 Å². The lowest BCUT2D eigenvalue weighted by Crippen LogP contribution is -2.48. The van der Waals surface area contributed by atoms with Gasteiger partial charge in [-0.1, -0.05) is 19.1 Å². The summed E-state index contributed by atoms with van der Waals surface area (Å²) in [4.78, 5) is 32.0. The van der Waals surface area contributed by atoms with Gasteiger partial charge in [-0.15, -0.1) is 0 Å². The molecule has 2 heterocycles. The van der Waals surface area contributed by atoms with Crippen molar-refractivity contribution in [1.29, 1.82) is 0 Å². The number of fused-ring (bicyclic) bond motifs is 1. The molecule has 0 saturated carbocycles. The SMILES string of the molecule is CCN1CCN(CCn2c(=O)[nH]c3ccccc3c2=O)CC1. The van der Waals surface area contributed by atoms with Crippen LogP contribution in [0.15, 0.2) is 33.9 Å². The average Bonchev–Trinajstić information content (AvgIpc) is 2.55. The molecule has 1 N–H and O–H groups in total. The van der Waals surface area contributed by atoms with Gasteiger partial charge in [0.1, 0.15) is 0 Å². The van der Waals surface area contributed by atoms with Crippen molar-refractivity contribution < 1.29 is 0 Å². The molecule has 0 bridgehead atoms. The number of H-pyrrole nitrogens is 1. The number of hydrogen-bond donors (Lipinski definition) is 1. The zero-order valence-corrected chi connectivity index (χ0v) is 12.9. The summed E-state index contributed by atoms with van der Waals surface area (Å²) in [5.74, 6) is 0. The Balaban J connectivity index is 1.75. The van der Waals surface area contributed by atoms with E-state index in [0.717, 1.165) is 39.3 Å². The molecule has 1 aliphatic heterocycles. The topological polar surface area (TPSA) is 61.3 Å². The van der Waals surface area contributed by atoms with Crippen LogP contribution in [0, 0.1) is 0 Å². The van der Waals surface area contributed by atoms with E-state index in [1.807, 2.05) is 12.1 Å². The highest BCUT2D eigenvalue weighted by molar-refractivity contribution is 5.76. The van der Waals surface area contributed by atoms with Crippen molar-refractivity contribution >= 4 is 10.9 Å². The van der Waals surface area contributed by atoms with Crippen molar-refractivity contribution in [2.24, 2.45) is 0 Å². The van der Waals surface area contributed by atoms with Crippen LogP contribution in [0.25, 0.3) is 10.9 Å². The van der Waals surface area contributed by atoms with Gasteiger partial charge >= 0.3 is 5.69 Å². The Morgan fingerprint density at radius 1 is 1.00 bits per heavy atom. The second kappa shape index (κ2) is 6.46. The third kappa shape index (κ3) is 2.98. The highest BCUT2D eigenvalue weighted by Crippen LogP contribution is 2.04. The molecule has 0 unspecified atom stereocenters. The second-order valence-electron chi connectivity index (χ2n) is 5.71. The van der Waals surface area contributed by atoms with E-state index >= 15 is 0 Å². The molecule has 0 aliphatic carbocycles. The van der Waals surface area contributed by atoms with Crippen LogP contribution >= 0.6 is 0 Å². The first-order valence-electron chi connectivity index (χ1n) is 7.85. The fraction of sp³-hybridized carbons (Fsp3) is 0.500. The summed E-state index contributed by atoms with van der Waals surface area (Å²) in [6, 6.07) is 7.14. The third-order valence-corrected chi connectivity index (χ3v) is 4.44. The molecule has 0 atom stereocenters. The van der Waals surface area contributed by atoms with Gasteiger partial charge in [-0.05, 0) is 18.7 Å². The van der Waals surface area contributed by atoms with Crippen LogP contribution in [0.1, 0.15) is 6.92 Å². The number of para-hydroxylation sites is 1. The van der Waals surface area contributed by atoms with Crippen molar-refractivity contribution in [3.05, 3.63) is 45.1 Å². The Morgan fingerprint density at radius 3 is 2.41 bits per heavy atom. The lowest BCUT2D eigenvalue weighted by molar-refractivity contribution is 0.133. The zero-order chi connectivity index (χ0) is 15.5. The molecule has 6 nitrogen and oxygen atoms in total. The number of hydrogen-bond acceptors (Lipinski definition) is 4. The minimum atomic E-state index is -0.323. The van der Waals surface area contributed by atoms with Gasteiger partial charge in [-0.25, -0.2) is 4.79 Å². The summed E-state index contributed by atoms with van der Waals surface area (Å²) in [7, 11) is 0. The summed E-state index contributed by atoms with van der Waals surface area (Å²) in [5, 5.41) is 0.568. The van der Waals surface area contributed by atoms with Crippen LogP contribution < -0.4 is 11.2 Å². The Morgan fingerprint density at radius 2 is 1.68 bits per heavy atom. The highest BCUT2D eigenvalue weighted by atomic mass is 16.2. The van der Waals surface area contributed by atoms with Gasteiger partial charge in [-0.2, -0.15) is 0 Å². The number of likely N-dealkylation sites (N-methyl/N-ethyl adjacent to an activating group) is 1. The Kier molecular flexibility index (Phi) is 4.40.